The van der Waals surface area contributed by atoms with Crippen LogP contribution in [0.5, 0.6) is 0 Å². The fourth-order valence-corrected chi connectivity index (χ4v) is 1.83. The first-order valence-electron chi connectivity index (χ1n) is 6.00. The molecule has 0 aliphatic rings. The standard InChI is InChI=1S/C13H16ClFN2O2/c1-3-16-12(18)8-17(4-2)13(19)10-6-5-9(15)7-11(10)14/h5-7H,3-4,8H2,1-2H3,(H,16,18). The number of likely N-dealkylation sites (N-methyl/N-ethyl adjacent to an activating group) is 2. The zero-order valence-electron chi connectivity index (χ0n) is 10.9. The van der Waals surface area contributed by atoms with E-state index in [0.29, 0.717) is 13.1 Å². The normalized spacial score (nSPS) is 10.1. The first kappa shape index (κ1) is 15.4. The molecular formula is C13H16ClFN2O2. The molecule has 0 unspecified atom stereocenters. The molecule has 0 aromatic heterocycles. The summed E-state index contributed by atoms with van der Waals surface area (Å²) in [7, 11) is 0. The number of amides is 2. The summed E-state index contributed by atoms with van der Waals surface area (Å²) in [5.74, 6) is -1.14. The highest BCUT2D eigenvalue weighted by Crippen LogP contribution is 2.19. The van der Waals surface area contributed by atoms with E-state index in [4.69, 9.17) is 11.6 Å². The molecule has 6 heteroatoms. The Morgan fingerprint density at radius 3 is 2.58 bits per heavy atom. The van der Waals surface area contributed by atoms with Gasteiger partial charge in [0.2, 0.25) is 5.91 Å². The number of hydrogen-bond acceptors (Lipinski definition) is 2. The summed E-state index contributed by atoms with van der Waals surface area (Å²) in [5.41, 5.74) is 0.189. The second-order valence-corrected chi connectivity index (χ2v) is 4.30. The minimum Gasteiger partial charge on any atom is -0.355 e. The summed E-state index contributed by atoms with van der Waals surface area (Å²) in [6, 6.07) is 3.56. The van der Waals surface area contributed by atoms with Crippen molar-refractivity contribution in [3.63, 3.8) is 0 Å². The lowest BCUT2D eigenvalue weighted by atomic mass is 10.2. The average Bonchev–Trinajstić information content (AvgIpc) is 2.35. The second kappa shape index (κ2) is 7.09. The monoisotopic (exact) mass is 286 g/mol. The van der Waals surface area contributed by atoms with Crippen LogP contribution in [-0.2, 0) is 4.79 Å². The van der Waals surface area contributed by atoms with Crippen molar-refractivity contribution in [3.05, 3.63) is 34.6 Å². The third-order valence-corrected chi connectivity index (χ3v) is 2.85. The van der Waals surface area contributed by atoms with Gasteiger partial charge >= 0.3 is 0 Å². The van der Waals surface area contributed by atoms with Crippen LogP contribution in [0.1, 0.15) is 24.2 Å². The zero-order chi connectivity index (χ0) is 14.4. The maximum atomic E-state index is 12.9. The van der Waals surface area contributed by atoms with Gasteiger partial charge in [0, 0.05) is 13.1 Å². The molecule has 0 heterocycles. The number of nitrogens with one attached hydrogen (secondary N) is 1. The van der Waals surface area contributed by atoms with E-state index in [1.807, 2.05) is 0 Å². The van der Waals surface area contributed by atoms with Crippen LogP contribution in [0.3, 0.4) is 0 Å². The lowest BCUT2D eigenvalue weighted by molar-refractivity contribution is -0.121. The van der Waals surface area contributed by atoms with Gasteiger partial charge < -0.3 is 10.2 Å². The van der Waals surface area contributed by atoms with Gasteiger partial charge in [-0.3, -0.25) is 9.59 Å². The van der Waals surface area contributed by atoms with Crippen LogP contribution in [0.15, 0.2) is 18.2 Å². The Kier molecular flexibility index (Phi) is 5.76. The molecule has 0 bridgehead atoms. The molecule has 0 aliphatic carbocycles. The van der Waals surface area contributed by atoms with Crippen molar-refractivity contribution in [1.29, 1.82) is 0 Å². The van der Waals surface area contributed by atoms with Crippen molar-refractivity contribution in [2.75, 3.05) is 19.6 Å². The molecule has 1 aromatic rings. The smallest absolute Gasteiger partial charge is 0.255 e. The van der Waals surface area contributed by atoms with Crippen LogP contribution in [-0.4, -0.2) is 36.3 Å². The molecule has 0 fully saturated rings. The van der Waals surface area contributed by atoms with E-state index < -0.39 is 11.7 Å². The van der Waals surface area contributed by atoms with Crippen molar-refractivity contribution < 1.29 is 14.0 Å². The van der Waals surface area contributed by atoms with Crippen molar-refractivity contribution in [3.8, 4) is 0 Å². The molecule has 19 heavy (non-hydrogen) atoms. The van der Waals surface area contributed by atoms with Crippen LogP contribution in [0.25, 0.3) is 0 Å². The van der Waals surface area contributed by atoms with Gasteiger partial charge in [0.25, 0.3) is 5.91 Å². The van der Waals surface area contributed by atoms with E-state index in [1.165, 1.54) is 17.0 Å². The van der Waals surface area contributed by atoms with Crippen molar-refractivity contribution >= 4 is 23.4 Å². The molecule has 0 radical (unpaired) electrons. The number of carbonyl (C=O) groups excluding carboxylic acids is 2. The predicted molar refractivity (Wildman–Crippen MR) is 71.7 cm³/mol. The van der Waals surface area contributed by atoms with E-state index >= 15 is 0 Å². The Hall–Kier alpha value is -1.62. The fraction of sp³-hybridized carbons (Fsp3) is 0.385. The van der Waals surface area contributed by atoms with Gasteiger partial charge in [0.1, 0.15) is 5.82 Å². The zero-order valence-corrected chi connectivity index (χ0v) is 11.6. The number of benzene rings is 1. The Morgan fingerprint density at radius 1 is 1.37 bits per heavy atom. The van der Waals surface area contributed by atoms with E-state index in [1.54, 1.807) is 13.8 Å². The maximum absolute atomic E-state index is 12.9. The summed E-state index contributed by atoms with van der Waals surface area (Å²) >= 11 is 5.84. The number of hydrogen-bond donors (Lipinski definition) is 1. The average molecular weight is 287 g/mol. The summed E-state index contributed by atoms with van der Waals surface area (Å²) < 4.78 is 12.9. The van der Waals surface area contributed by atoms with Crippen LogP contribution >= 0.6 is 11.6 Å². The Labute approximate surface area is 116 Å². The Bertz CT molecular complexity index is 480. The maximum Gasteiger partial charge on any atom is 0.255 e. The number of rotatable bonds is 5. The summed E-state index contributed by atoms with van der Waals surface area (Å²) in [5, 5.41) is 2.66. The third kappa shape index (κ3) is 4.21. The van der Waals surface area contributed by atoms with Crippen molar-refractivity contribution in [2.45, 2.75) is 13.8 Å². The molecule has 0 atom stereocenters. The SMILES string of the molecule is CCNC(=O)CN(CC)C(=O)c1ccc(F)cc1Cl. The largest absolute Gasteiger partial charge is 0.355 e. The van der Waals surface area contributed by atoms with Gasteiger partial charge in [-0.1, -0.05) is 11.6 Å². The molecule has 1 rings (SSSR count). The van der Waals surface area contributed by atoms with Crippen molar-refractivity contribution in [2.24, 2.45) is 0 Å². The first-order valence-corrected chi connectivity index (χ1v) is 6.38. The molecule has 104 valence electrons. The van der Waals surface area contributed by atoms with Gasteiger partial charge in [-0.25, -0.2) is 4.39 Å². The third-order valence-electron chi connectivity index (χ3n) is 2.54. The van der Waals surface area contributed by atoms with Crippen LogP contribution in [0.4, 0.5) is 4.39 Å². The van der Waals surface area contributed by atoms with Gasteiger partial charge in [0.15, 0.2) is 0 Å². The second-order valence-electron chi connectivity index (χ2n) is 3.90. The first-order chi connectivity index (χ1) is 8.99. The van der Waals surface area contributed by atoms with E-state index in [9.17, 15) is 14.0 Å². The minimum absolute atomic E-state index is 0.0411. The molecule has 4 nitrogen and oxygen atoms in total. The summed E-state index contributed by atoms with van der Waals surface area (Å²) in [6.07, 6.45) is 0. The highest BCUT2D eigenvalue weighted by molar-refractivity contribution is 6.33. The minimum atomic E-state index is -0.506. The summed E-state index contributed by atoms with van der Waals surface area (Å²) in [4.78, 5) is 25.0. The molecule has 0 saturated heterocycles. The fourth-order valence-electron chi connectivity index (χ4n) is 1.59. The van der Waals surface area contributed by atoms with Crippen LogP contribution in [0.2, 0.25) is 5.02 Å². The topological polar surface area (TPSA) is 49.4 Å². The van der Waals surface area contributed by atoms with Crippen molar-refractivity contribution in [1.82, 2.24) is 10.2 Å². The molecular weight excluding hydrogens is 271 g/mol. The van der Waals surface area contributed by atoms with Gasteiger partial charge in [-0.05, 0) is 32.0 Å². The molecule has 0 spiro atoms. The lowest BCUT2D eigenvalue weighted by Gasteiger charge is -2.20. The molecule has 1 N–H and O–H groups in total. The van der Waals surface area contributed by atoms with Gasteiger partial charge in [0.05, 0.1) is 17.1 Å². The van der Waals surface area contributed by atoms with Gasteiger partial charge in [-0.15, -0.1) is 0 Å². The van der Waals surface area contributed by atoms with Crippen LogP contribution < -0.4 is 5.32 Å². The predicted octanol–water partition coefficient (Wildman–Crippen LogP) is 2.08. The van der Waals surface area contributed by atoms with Crippen LogP contribution in [0, 0.1) is 5.82 Å². The highest BCUT2D eigenvalue weighted by atomic mass is 35.5. The Morgan fingerprint density at radius 2 is 2.05 bits per heavy atom. The van der Waals surface area contributed by atoms with E-state index in [2.05, 4.69) is 5.32 Å². The van der Waals surface area contributed by atoms with E-state index in [0.717, 1.165) is 6.07 Å². The molecule has 0 saturated carbocycles. The molecule has 2 amide bonds. The molecule has 1 aromatic carbocycles. The lowest BCUT2D eigenvalue weighted by Crippen LogP contribution is -2.40. The Balaban J connectivity index is 2.86. The number of carbonyl (C=O) groups is 2. The van der Waals surface area contributed by atoms with Gasteiger partial charge in [-0.2, -0.15) is 0 Å². The summed E-state index contributed by atoms with van der Waals surface area (Å²) in [6.45, 7) is 4.38. The number of halogens is 2. The quantitative estimate of drug-likeness (QED) is 0.901. The van der Waals surface area contributed by atoms with E-state index in [-0.39, 0.29) is 23.0 Å². The molecule has 0 aliphatic heterocycles. The number of nitrogens with zero attached hydrogens (tertiary/aromatic N) is 1. The highest BCUT2D eigenvalue weighted by Gasteiger charge is 2.19.